The molecule has 0 radical (unpaired) electrons. The molecule has 0 spiro atoms. The molecule has 4 rings (SSSR count). The molecule has 0 aliphatic carbocycles. The summed E-state index contributed by atoms with van der Waals surface area (Å²) in [4.78, 5) is 18.0. The van der Waals surface area contributed by atoms with Gasteiger partial charge in [0, 0.05) is 12.2 Å². The molecule has 10 nitrogen and oxygen atoms in total. The zero-order valence-electron chi connectivity index (χ0n) is 14.7. The summed E-state index contributed by atoms with van der Waals surface area (Å²) in [5.74, 6) is -1.48. The lowest BCUT2D eigenvalue weighted by atomic mass is 10.1. The zero-order valence-corrected chi connectivity index (χ0v) is 14.7. The smallest absolute Gasteiger partial charge is 0.244 e. The Balaban J connectivity index is 2.02. The third kappa shape index (κ3) is 2.65. The maximum atomic E-state index is 11.6. The largest absolute Gasteiger partial charge is 0.549 e. The lowest BCUT2D eigenvalue weighted by molar-refractivity contribution is -0.308. The number of carboxylic acid groups (broad SMARTS) is 1. The molecule has 0 saturated heterocycles. The number of hydrogen-bond acceptors (Lipinski definition) is 9. The molecule has 0 fully saturated rings. The Morgan fingerprint density at radius 3 is 2.63 bits per heavy atom. The van der Waals surface area contributed by atoms with E-state index in [1.165, 1.54) is 4.40 Å². The van der Waals surface area contributed by atoms with Gasteiger partial charge in [-0.15, -0.1) is 10.2 Å². The number of anilines is 2. The van der Waals surface area contributed by atoms with Crippen molar-refractivity contribution in [3.05, 3.63) is 36.2 Å². The quantitative estimate of drug-likeness (QED) is 0.492. The number of fused-ring (bicyclic) bond motifs is 3. The van der Waals surface area contributed by atoms with Gasteiger partial charge in [-0.3, -0.25) is 4.40 Å². The normalized spacial score (nSPS) is 12.5. The Morgan fingerprint density at radius 2 is 1.96 bits per heavy atom. The fraction of sp³-hybridized carbons (Fsp3) is 0.294. The molecule has 0 amide bonds. The number of aromatic nitrogens is 6. The van der Waals surface area contributed by atoms with Crippen LogP contribution < -0.4 is 10.0 Å². The van der Waals surface area contributed by atoms with E-state index in [4.69, 9.17) is 4.63 Å². The number of carbonyl (C=O) groups is 1. The van der Waals surface area contributed by atoms with Crippen LogP contribution in [0, 0.1) is 0 Å². The molecule has 1 atom stereocenters. The van der Waals surface area contributed by atoms with Crippen LogP contribution in [0.15, 0.2) is 35.0 Å². The molecule has 0 aliphatic rings. The van der Waals surface area contributed by atoms with Crippen molar-refractivity contribution in [2.75, 3.05) is 11.4 Å². The van der Waals surface area contributed by atoms with Gasteiger partial charge >= 0.3 is 0 Å². The number of carbonyl (C=O) groups excluding carboxylic acids is 1. The third-order valence-electron chi connectivity index (χ3n) is 4.41. The first kappa shape index (κ1) is 16.9. The van der Waals surface area contributed by atoms with E-state index in [0.717, 1.165) is 5.69 Å². The van der Waals surface area contributed by atoms with E-state index in [0.29, 0.717) is 24.4 Å². The fourth-order valence-corrected chi connectivity index (χ4v) is 3.11. The highest BCUT2D eigenvalue weighted by Gasteiger charge is 2.26. The van der Waals surface area contributed by atoms with Crippen molar-refractivity contribution in [1.29, 1.82) is 0 Å². The van der Waals surface area contributed by atoms with Crippen LogP contribution in [0.3, 0.4) is 0 Å². The maximum Gasteiger partial charge on any atom is 0.244 e. The molecular weight excluding hydrogens is 350 g/mol. The second kappa shape index (κ2) is 6.63. The van der Waals surface area contributed by atoms with Crippen LogP contribution in [0.2, 0.25) is 0 Å². The third-order valence-corrected chi connectivity index (χ3v) is 4.41. The summed E-state index contributed by atoms with van der Waals surface area (Å²) >= 11 is 0. The molecule has 1 aromatic carbocycles. The van der Waals surface area contributed by atoms with Gasteiger partial charge in [-0.1, -0.05) is 25.1 Å². The van der Waals surface area contributed by atoms with E-state index in [-0.39, 0.29) is 17.1 Å². The summed E-state index contributed by atoms with van der Waals surface area (Å²) in [6, 6.07) is 9.65. The molecule has 4 aromatic rings. The number of hydrogen-bond donors (Lipinski definition) is 0. The molecule has 138 valence electrons. The number of carboxylic acids is 1. The Kier molecular flexibility index (Phi) is 4.15. The zero-order chi connectivity index (χ0) is 19.0. The van der Waals surface area contributed by atoms with E-state index in [2.05, 4.69) is 25.5 Å². The molecule has 0 saturated carbocycles. The average molecular weight is 366 g/mol. The van der Waals surface area contributed by atoms with Gasteiger partial charge in [0.25, 0.3) is 0 Å². The average Bonchev–Trinajstić information content (AvgIpc) is 3.30. The van der Waals surface area contributed by atoms with Crippen molar-refractivity contribution in [3.63, 3.8) is 0 Å². The van der Waals surface area contributed by atoms with E-state index in [1.807, 2.05) is 42.2 Å². The first-order valence-electron chi connectivity index (χ1n) is 8.56. The van der Waals surface area contributed by atoms with Crippen molar-refractivity contribution in [3.8, 4) is 0 Å². The van der Waals surface area contributed by atoms with Crippen molar-refractivity contribution in [2.24, 2.45) is 0 Å². The summed E-state index contributed by atoms with van der Waals surface area (Å²) in [6.45, 7) is 4.32. The van der Waals surface area contributed by atoms with Crippen LogP contribution >= 0.6 is 0 Å². The molecule has 3 heterocycles. The monoisotopic (exact) mass is 366 g/mol. The van der Waals surface area contributed by atoms with Crippen LogP contribution in [0.25, 0.3) is 16.9 Å². The second-order valence-corrected chi connectivity index (χ2v) is 5.92. The number of rotatable bonds is 6. The molecule has 0 aliphatic heterocycles. The minimum absolute atomic E-state index is 0.209. The lowest BCUT2D eigenvalue weighted by Gasteiger charge is -2.22. The highest BCUT2D eigenvalue weighted by Crippen LogP contribution is 2.30. The number of para-hydroxylation sites is 1. The Labute approximate surface area is 153 Å². The van der Waals surface area contributed by atoms with Crippen LogP contribution in [-0.2, 0) is 4.79 Å². The van der Waals surface area contributed by atoms with E-state index >= 15 is 0 Å². The SMILES string of the molecule is CCC(C(=O)[O-])c1nnc2c(N(CC)c3ccccc3)nc3nonc3n12. The van der Waals surface area contributed by atoms with Gasteiger partial charge in [0.15, 0.2) is 5.82 Å². The topological polar surface area (TPSA) is 125 Å². The molecule has 0 N–H and O–H groups in total. The standard InChI is InChI=1S/C17H17N7O3/c1-3-11(17(25)26)13-19-20-16-15(18-12-14(24(13)16)22-27-21-12)23(4-2)10-8-6-5-7-9-10/h5-9,11H,3-4H2,1-2H3,(H,25,26)/p-1. The van der Waals surface area contributed by atoms with Crippen LogP contribution in [0.1, 0.15) is 32.0 Å². The number of nitrogens with zero attached hydrogens (tertiary/aromatic N) is 7. The van der Waals surface area contributed by atoms with Gasteiger partial charge in [0.05, 0.1) is 11.9 Å². The predicted molar refractivity (Wildman–Crippen MR) is 93.3 cm³/mol. The van der Waals surface area contributed by atoms with Gasteiger partial charge in [-0.05, 0) is 35.8 Å². The highest BCUT2D eigenvalue weighted by atomic mass is 16.6. The van der Waals surface area contributed by atoms with E-state index in [1.54, 1.807) is 6.92 Å². The molecular formula is C17H16N7O3-. The minimum atomic E-state index is -1.23. The van der Waals surface area contributed by atoms with Crippen molar-refractivity contribution in [1.82, 2.24) is 29.9 Å². The summed E-state index contributed by atoms with van der Waals surface area (Å²) in [5.41, 5.74) is 1.78. The Bertz CT molecular complexity index is 1110. The van der Waals surface area contributed by atoms with Crippen molar-refractivity contribution < 1.29 is 14.5 Å². The minimum Gasteiger partial charge on any atom is -0.549 e. The first-order valence-corrected chi connectivity index (χ1v) is 8.56. The highest BCUT2D eigenvalue weighted by molar-refractivity contribution is 5.82. The van der Waals surface area contributed by atoms with Gasteiger partial charge in [0.2, 0.25) is 16.9 Å². The van der Waals surface area contributed by atoms with E-state index in [9.17, 15) is 9.90 Å². The molecule has 27 heavy (non-hydrogen) atoms. The maximum absolute atomic E-state index is 11.6. The first-order chi connectivity index (χ1) is 13.2. The molecule has 1 unspecified atom stereocenters. The van der Waals surface area contributed by atoms with Crippen LogP contribution in [0.4, 0.5) is 11.5 Å². The summed E-state index contributed by atoms with van der Waals surface area (Å²) in [6.07, 6.45) is 0.295. The van der Waals surface area contributed by atoms with Crippen molar-refractivity contribution >= 4 is 34.4 Å². The van der Waals surface area contributed by atoms with E-state index < -0.39 is 11.9 Å². The van der Waals surface area contributed by atoms with Crippen LogP contribution in [-0.4, -0.2) is 42.4 Å². The van der Waals surface area contributed by atoms with Gasteiger partial charge in [-0.2, -0.15) is 0 Å². The number of aliphatic carboxylic acids is 1. The van der Waals surface area contributed by atoms with Crippen molar-refractivity contribution in [2.45, 2.75) is 26.2 Å². The Hall–Kier alpha value is -3.56. The summed E-state index contributed by atoms with van der Waals surface area (Å²) < 4.78 is 6.36. The summed E-state index contributed by atoms with van der Waals surface area (Å²) in [7, 11) is 0. The van der Waals surface area contributed by atoms with Crippen LogP contribution in [0.5, 0.6) is 0 Å². The Morgan fingerprint density at radius 1 is 1.19 bits per heavy atom. The van der Waals surface area contributed by atoms with Gasteiger partial charge in [0.1, 0.15) is 5.82 Å². The van der Waals surface area contributed by atoms with Gasteiger partial charge in [-0.25, -0.2) is 9.61 Å². The molecule has 3 aromatic heterocycles. The lowest BCUT2D eigenvalue weighted by Crippen LogP contribution is -2.30. The molecule has 0 bridgehead atoms. The second-order valence-electron chi connectivity index (χ2n) is 5.92. The number of benzene rings is 1. The molecule has 10 heteroatoms. The fourth-order valence-electron chi connectivity index (χ4n) is 3.11. The predicted octanol–water partition coefficient (Wildman–Crippen LogP) is 1.06. The summed E-state index contributed by atoms with van der Waals surface area (Å²) in [5, 5.41) is 27.6. The van der Waals surface area contributed by atoms with Gasteiger partial charge < -0.3 is 14.8 Å².